The van der Waals surface area contributed by atoms with Crippen LogP contribution in [-0.2, 0) is 5.41 Å². The van der Waals surface area contributed by atoms with Crippen LogP contribution >= 0.6 is 0 Å². The Labute approximate surface area is 100 Å². The van der Waals surface area contributed by atoms with Gasteiger partial charge in [-0.15, -0.1) is 4.98 Å². The molecule has 0 aliphatic rings. The summed E-state index contributed by atoms with van der Waals surface area (Å²) in [5.74, 6) is 1.18. The van der Waals surface area contributed by atoms with Crippen molar-refractivity contribution in [3.05, 3.63) is 52.6 Å². The van der Waals surface area contributed by atoms with Gasteiger partial charge in [0.15, 0.2) is 5.76 Å². The van der Waals surface area contributed by atoms with E-state index in [2.05, 4.69) is 4.98 Å². The number of hydrogen-bond acceptors (Lipinski definition) is 2. The Hall–Kier alpha value is -1.90. The van der Waals surface area contributed by atoms with Crippen molar-refractivity contribution in [2.45, 2.75) is 26.2 Å². The Balaban J connectivity index is 2.58. The summed E-state index contributed by atoms with van der Waals surface area (Å²) >= 11 is 0. The molecule has 3 heteroatoms. The number of nitrogens with one attached hydrogen (secondary N) is 1. The molecular weight excluding hydrogens is 214 g/mol. The molecule has 1 aromatic heterocycles. The van der Waals surface area contributed by atoms with E-state index in [0.29, 0.717) is 11.7 Å². The van der Waals surface area contributed by atoms with Gasteiger partial charge in [0.05, 0.1) is 11.5 Å². The Kier molecular flexibility index (Phi) is 2.84. The van der Waals surface area contributed by atoms with Gasteiger partial charge >= 0.3 is 11.4 Å². The number of benzene rings is 1. The Morgan fingerprint density at radius 3 is 2.35 bits per heavy atom. The highest BCUT2D eigenvalue weighted by molar-refractivity contribution is 5.55. The Morgan fingerprint density at radius 1 is 1.12 bits per heavy atom. The lowest BCUT2D eigenvalue weighted by atomic mass is 9.97. The van der Waals surface area contributed by atoms with Crippen LogP contribution in [0.4, 0.5) is 0 Å². The van der Waals surface area contributed by atoms with Crippen LogP contribution in [0, 0.1) is 0 Å². The molecule has 1 N–H and O–H groups in total. The molecule has 0 saturated heterocycles. The molecule has 0 atom stereocenters. The van der Waals surface area contributed by atoms with E-state index in [1.54, 1.807) is 0 Å². The highest BCUT2D eigenvalue weighted by atomic mass is 16.3. The zero-order valence-corrected chi connectivity index (χ0v) is 10.3. The maximum absolute atomic E-state index is 11.6. The first kappa shape index (κ1) is 11.6. The molecule has 1 aromatic carbocycles. The fourth-order valence-corrected chi connectivity index (χ4v) is 1.52. The van der Waals surface area contributed by atoms with Crippen LogP contribution in [0.2, 0.25) is 0 Å². The van der Waals surface area contributed by atoms with E-state index in [-0.39, 0.29) is 11.0 Å². The first-order valence-electron chi connectivity index (χ1n) is 5.60. The van der Waals surface area contributed by atoms with Crippen LogP contribution in [0.3, 0.4) is 0 Å². The monoisotopic (exact) mass is 230 g/mol. The minimum Gasteiger partial charge on any atom is -0.407 e. The van der Waals surface area contributed by atoms with E-state index in [9.17, 15) is 4.79 Å². The third kappa shape index (κ3) is 2.61. The molecule has 2 rings (SSSR count). The van der Waals surface area contributed by atoms with Crippen LogP contribution < -0.4 is 10.5 Å². The first-order valence-corrected chi connectivity index (χ1v) is 5.60. The molecule has 0 aliphatic heterocycles. The zero-order chi connectivity index (χ0) is 12.5. The second-order valence-corrected chi connectivity index (χ2v) is 5.05. The average Bonchev–Trinajstić information content (AvgIpc) is 2.28. The largest absolute Gasteiger partial charge is 0.417 e. The summed E-state index contributed by atoms with van der Waals surface area (Å²) in [6.07, 6.45) is 0. The Morgan fingerprint density at radius 2 is 1.76 bits per heavy atom. The summed E-state index contributed by atoms with van der Waals surface area (Å²) in [6, 6.07) is 11.1. The molecular formula is C14H16NO2+. The summed E-state index contributed by atoms with van der Waals surface area (Å²) in [6.45, 7) is 5.99. The third-order valence-corrected chi connectivity index (χ3v) is 2.45. The highest BCUT2D eigenvalue weighted by Crippen LogP contribution is 2.22. The lowest BCUT2D eigenvalue weighted by Crippen LogP contribution is -2.35. The van der Waals surface area contributed by atoms with Gasteiger partial charge in [0.2, 0.25) is 0 Å². The summed E-state index contributed by atoms with van der Waals surface area (Å²) in [5, 5.41) is 0. The molecule has 0 radical (unpaired) electrons. The molecule has 0 amide bonds. The predicted octanol–water partition coefficient (Wildman–Crippen LogP) is 2.42. The zero-order valence-electron chi connectivity index (χ0n) is 10.3. The summed E-state index contributed by atoms with van der Waals surface area (Å²) < 4.78 is 5.75. The van der Waals surface area contributed by atoms with Crippen LogP contribution in [0.1, 0.15) is 26.7 Å². The lowest BCUT2D eigenvalue weighted by Gasteiger charge is -2.10. The first-order chi connectivity index (χ1) is 7.97. The minimum atomic E-state index is -0.218. The van der Waals surface area contributed by atoms with Crippen LogP contribution in [-0.4, -0.2) is 0 Å². The molecule has 0 unspecified atom stereocenters. The molecule has 88 valence electrons. The van der Waals surface area contributed by atoms with Crippen molar-refractivity contribution in [2.24, 2.45) is 0 Å². The van der Waals surface area contributed by atoms with Crippen LogP contribution in [0.5, 0.6) is 0 Å². The number of hydrogen-bond donors (Lipinski definition) is 0. The Bertz CT molecular complexity index is 565. The summed E-state index contributed by atoms with van der Waals surface area (Å²) in [4.78, 5) is 14.4. The molecule has 2 aromatic rings. The molecule has 0 spiro atoms. The number of aromatic nitrogens is 1. The molecule has 1 heterocycles. The smallest absolute Gasteiger partial charge is 0.407 e. The summed E-state index contributed by atoms with van der Waals surface area (Å²) in [5.41, 5.74) is 0.549. The van der Waals surface area contributed by atoms with Gasteiger partial charge in [0.1, 0.15) is 0 Å². The predicted molar refractivity (Wildman–Crippen MR) is 65.7 cm³/mol. The van der Waals surface area contributed by atoms with E-state index in [4.69, 9.17) is 4.42 Å². The van der Waals surface area contributed by atoms with Crippen LogP contribution in [0.25, 0.3) is 11.3 Å². The van der Waals surface area contributed by atoms with Gasteiger partial charge in [0, 0.05) is 5.56 Å². The molecule has 0 aliphatic carbocycles. The molecule has 17 heavy (non-hydrogen) atoms. The quantitative estimate of drug-likeness (QED) is 0.755. The van der Waals surface area contributed by atoms with Gasteiger partial charge in [-0.05, 0) is 20.8 Å². The van der Waals surface area contributed by atoms with Crippen molar-refractivity contribution in [1.82, 2.24) is 0 Å². The van der Waals surface area contributed by atoms with Gasteiger partial charge in [-0.2, -0.15) is 0 Å². The highest BCUT2D eigenvalue weighted by Gasteiger charge is 2.26. The van der Waals surface area contributed by atoms with E-state index in [0.717, 1.165) is 5.56 Å². The van der Waals surface area contributed by atoms with Gasteiger partial charge in [-0.1, -0.05) is 30.3 Å². The van der Waals surface area contributed by atoms with E-state index < -0.39 is 0 Å². The average molecular weight is 230 g/mol. The maximum Gasteiger partial charge on any atom is 0.417 e. The van der Waals surface area contributed by atoms with Gasteiger partial charge in [-0.3, -0.25) is 0 Å². The maximum atomic E-state index is 11.6. The fraction of sp³-hybridized carbons (Fsp3) is 0.286. The lowest BCUT2D eigenvalue weighted by molar-refractivity contribution is -0.434. The third-order valence-electron chi connectivity index (χ3n) is 2.45. The fourth-order valence-electron chi connectivity index (χ4n) is 1.52. The standard InChI is InChI=1S/C14H15NO2/c1-14(2,3)13-15-12(16)9-11(17-13)10-7-5-4-6-8-10/h4-9H,1-3H3/p+1. The van der Waals surface area contributed by atoms with Crippen molar-refractivity contribution in [3.8, 4) is 11.3 Å². The van der Waals surface area contributed by atoms with Crippen molar-refractivity contribution in [3.63, 3.8) is 0 Å². The van der Waals surface area contributed by atoms with E-state index in [1.807, 2.05) is 51.1 Å². The molecule has 0 fully saturated rings. The van der Waals surface area contributed by atoms with Gasteiger partial charge in [-0.25, -0.2) is 4.79 Å². The minimum absolute atomic E-state index is 0.139. The van der Waals surface area contributed by atoms with Crippen molar-refractivity contribution < 1.29 is 9.40 Å². The van der Waals surface area contributed by atoms with E-state index >= 15 is 0 Å². The van der Waals surface area contributed by atoms with Crippen LogP contribution in [0.15, 0.2) is 45.6 Å². The van der Waals surface area contributed by atoms with Gasteiger partial charge in [0.25, 0.3) is 0 Å². The number of H-pyrrole nitrogens is 1. The van der Waals surface area contributed by atoms with Crippen molar-refractivity contribution in [1.29, 1.82) is 0 Å². The van der Waals surface area contributed by atoms with Gasteiger partial charge < -0.3 is 4.42 Å². The summed E-state index contributed by atoms with van der Waals surface area (Å²) in [7, 11) is 0. The molecule has 0 saturated carbocycles. The second kappa shape index (κ2) is 4.17. The molecule has 0 bridgehead atoms. The SMILES string of the molecule is CC(C)(C)c1[nH+]c(=O)cc(-c2ccccc2)o1. The van der Waals surface area contributed by atoms with Crippen molar-refractivity contribution >= 4 is 0 Å². The van der Waals surface area contributed by atoms with E-state index in [1.165, 1.54) is 6.07 Å². The topological polar surface area (TPSA) is 44.4 Å². The number of rotatable bonds is 1. The second-order valence-electron chi connectivity index (χ2n) is 5.05. The normalized spacial score (nSPS) is 11.5. The van der Waals surface area contributed by atoms with Crippen molar-refractivity contribution in [2.75, 3.05) is 0 Å². The molecule has 3 nitrogen and oxygen atoms in total. The number of aromatic amines is 1.